The Kier molecular flexibility index (Phi) is 4.08. The Morgan fingerprint density at radius 1 is 1.35 bits per heavy atom. The number of aromatic nitrogens is 1. The molecule has 6 nitrogen and oxygen atoms in total. The van der Waals surface area contributed by atoms with E-state index in [0.717, 1.165) is 16.5 Å². The standard InChI is InChI=1S/C16H19N3O3S/c1-9(20)13-14(21)19-16(23-2,15(22)18-13)7-10-8-17-12-6-4-3-5-11(10)12/h3-6,8-9,13,17,20H,7H2,1-2H3,(H,18,22)(H,19,21)/t9-,13+,16-/m1/s1. The number of benzene rings is 1. The van der Waals surface area contributed by atoms with Gasteiger partial charge in [-0.05, 0) is 24.8 Å². The van der Waals surface area contributed by atoms with Crippen LogP contribution in [0.15, 0.2) is 30.5 Å². The number of H-pyrrole nitrogens is 1. The van der Waals surface area contributed by atoms with E-state index in [0.29, 0.717) is 6.42 Å². The highest BCUT2D eigenvalue weighted by Crippen LogP contribution is 2.31. The third-order valence-electron chi connectivity index (χ3n) is 4.21. The molecule has 1 fully saturated rings. The summed E-state index contributed by atoms with van der Waals surface area (Å²) >= 11 is 1.29. The molecule has 3 rings (SSSR count). The van der Waals surface area contributed by atoms with Crippen LogP contribution in [0.4, 0.5) is 0 Å². The molecule has 1 aromatic carbocycles. The number of thioether (sulfide) groups is 1. The van der Waals surface area contributed by atoms with Crippen molar-refractivity contribution in [2.75, 3.05) is 6.26 Å². The molecule has 1 aliphatic rings. The van der Waals surface area contributed by atoms with Crippen LogP contribution in [0.1, 0.15) is 12.5 Å². The highest BCUT2D eigenvalue weighted by atomic mass is 32.2. The first-order valence-corrected chi connectivity index (χ1v) is 8.60. The van der Waals surface area contributed by atoms with Crippen LogP contribution in [-0.4, -0.2) is 45.2 Å². The van der Waals surface area contributed by atoms with Gasteiger partial charge in [0, 0.05) is 23.5 Å². The molecule has 4 N–H and O–H groups in total. The van der Waals surface area contributed by atoms with E-state index in [2.05, 4.69) is 15.6 Å². The molecule has 0 bridgehead atoms. The Morgan fingerprint density at radius 3 is 2.78 bits per heavy atom. The predicted molar refractivity (Wildman–Crippen MR) is 90.0 cm³/mol. The summed E-state index contributed by atoms with van der Waals surface area (Å²) in [6.07, 6.45) is 3.08. The van der Waals surface area contributed by atoms with Crippen molar-refractivity contribution in [1.29, 1.82) is 0 Å². The van der Waals surface area contributed by atoms with E-state index < -0.39 is 17.0 Å². The van der Waals surface area contributed by atoms with Crippen molar-refractivity contribution in [3.63, 3.8) is 0 Å². The molecule has 23 heavy (non-hydrogen) atoms. The lowest BCUT2D eigenvalue weighted by molar-refractivity contribution is -0.140. The summed E-state index contributed by atoms with van der Waals surface area (Å²) in [4.78, 5) is 26.9. The highest BCUT2D eigenvalue weighted by molar-refractivity contribution is 8.00. The molecule has 2 aromatic rings. The van der Waals surface area contributed by atoms with Gasteiger partial charge in [-0.3, -0.25) is 9.59 Å². The summed E-state index contributed by atoms with van der Waals surface area (Å²) in [6, 6.07) is 6.92. The number of amides is 2. The van der Waals surface area contributed by atoms with Crippen molar-refractivity contribution in [1.82, 2.24) is 15.6 Å². The van der Waals surface area contributed by atoms with E-state index in [9.17, 15) is 14.7 Å². The van der Waals surface area contributed by atoms with Gasteiger partial charge >= 0.3 is 0 Å². The van der Waals surface area contributed by atoms with E-state index >= 15 is 0 Å². The summed E-state index contributed by atoms with van der Waals surface area (Å²) in [5, 5.41) is 16.1. The largest absolute Gasteiger partial charge is 0.391 e. The van der Waals surface area contributed by atoms with E-state index in [4.69, 9.17) is 0 Å². The second-order valence-electron chi connectivity index (χ2n) is 5.75. The van der Waals surface area contributed by atoms with Gasteiger partial charge in [0.2, 0.25) is 5.91 Å². The van der Waals surface area contributed by atoms with Crippen molar-refractivity contribution in [3.8, 4) is 0 Å². The molecule has 0 aliphatic carbocycles. The number of aliphatic hydroxyl groups excluding tert-OH is 1. The SMILES string of the molecule is CS[C@@]1(Cc2c[nH]c3ccccc23)NC(=O)[C@H]([C@@H](C)O)NC1=O. The van der Waals surface area contributed by atoms with Crippen molar-refractivity contribution in [3.05, 3.63) is 36.0 Å². The minimum atomic E-state index is -1.08. The lowest BCUT2D eigenvalue weighted by atomic mass is 9.99. The van der Waals surface area contributed by atoms with E-state index in [1.54, 1.807) is 6.26 Å². The van der Waals surface area contributed by atoms with Gasteiger partial charge in [0.1, 0.15) is 6.04 Å². The Morgan fingerprint density at radius 2 is 2.09 bits per heavy atom. The zero-order valence-corrected chi connectivity index (χ0v) is 13.7. The number of carbonyl (C=O) groups is 2. The van der Waals surface area contributed by atoms with Crippen molar-refractivity contribution < 1.29 is 14.7 Å². The molecule has 2 heterocycles. The third kappa shape index (κ3) is 2.70. The predicted octanol–water partition coefficient (Wildman–Crippen LogP) is 0.765. The van der Waals surface area contributed by atoms with Crippen LogP contribution in [0, 0.1) is 0 Å². The van der Waals surface area contributed by atoms with Gasteiger partial charge in [-0.15, -0.1) is 11.8 Å². The van der Waals surface area contributed by atoms with Gasteiger partial charge in [-0.1, -0.05) is 18.2 Å². The van der Waals surface area contributed by atoms with Crippen molar-refractivity contribution in [2.45, 2.75) is 30.4 Å². The third-order valence-corrected chi connectivity index (χ3v) is 5.33. The number of rotatable bonds is 4. The average molecular weight is 333 g/mol. The molecule has 7 heteroatoms. The average Bonchev–Trinajstić information content (AvgIpc) is 2.93. The molecule has 0 saturated carbocycles. The Hall–Kier alpha value is -1.99. The van der Waals surface area contributed by atoms with E-state index in [-0.39, 0.29) is 11.8 Å². The fourth-order valence-corrected chi connectivity index (χ4v) is 3.63. The Labute approximate surface area is 138 Å². The van der Waals surface area contributed by atoms with Gasteiger partial charge in [0.25, 0.3) is 5.91 Å². The topological polar surface area (TPSA) is 94.2 Å². The zero-order valence-electron chi connectivity index (χ0n) is 12.9. The summed E-state index contributed by atoms with van der Waals surface area (Å²) in [6.45, 7) is 1.48. The maximum Gasteiger partial charge on any atom is 0.257 e. The number of hydrogen-bond donors (Lipinski definition) is 4. The normalized spacial score (nSPS) is 26.0. The summed E-state index contributed by atoms with van der Waals surface area (Å²) in [5.74, 6) is -0.658. The molecule has 1 aliphatic heterocycles. The minimum Gasteiger partial charge on any atom is -0.391 e. The number of fused-ring (bicyclic) bond motifs is 1. The number of aliphatic hydroxyl groups is 1. The Balaban J connectivity index is 1.93. The van der Waals surface area contributed by atoms with Crippen LogP contribution < -0.4 is 10.6 Å². The van der Waals surface area contributed by atoms with Crippen LogP contribution in [-0.2, 0) is 16.0 Å². The highest BCUT2D eigenvalue weighted by Gasteiger charge is 2.47. The molecule has 122 valence electrons. The number of aromatic amines is 1. The fourth-order valence-electron chi connectivity index (χ4n) is 2.88. The first-order valence-electron chi connectivity index (χ1n) is 7.38. The fraction of sp³-hybridized carbons (Fsp3) is 0.375. The van der Waals surface area contributed by atoms with Crippen LogP contribution in [0.2, 0.25) is 0 Å². The quantitative estimate of drug-likeness (QED) is 0.665. The van der Waals surface area contributed by atoms with Crippen LogP contribution >= 0.6 is 11.8 Å². The minimum absolute atomic E-state index is 0.291. The van der Waals surface area contributed by atoms with E-state index in [1.165, 1.54) is 18.7 Å². The molecular formula is C16H19N3O3S. The number of para-hydroxylation sites is 1. The van der Waals surface area contributed by atoms with Gasteiger partial charge in [0.15, 0.2) is 4.87 Å². The number of carbonyl (C=O) groups excluding carboxylic acids is 2. The summed E-state index contributed by atoms with van der Waals surface area (Å²) < 4.78 is 0. The second kappa shape index (κ2) is 5.90. The lowest BCUT2D eigenvalue weighted by Crippen LogP contribution is -2.70. The molecule has 0 unspecified atom stereocenters. The second-order valence-corrected chi connectivity index (χ2v) is 6.85. The molecule has 1 aromatic heterocycles. The summed E-state index contributed by atoms with van der Waals surface area (Å²) in [5.41, 5.74) is 1.95. The smallest absolute Gasteiger partial charge is 0.257 e. The maximum atomic E-state index is 12.6. The monoisotopic (exact) mass is 333 g/mol. The van der Waals surface area contributed by atoms with Gasteiger partial charge < -0.3 is 20.7 Å². The van der Waals surface area contributed by atoms with Crippen LogP contribution in [0.3, 0.4) is 0 Å². The number of nitrogens with one attached hydrogen (secondary N) is 3. The van der Waals surface area contributed by atoms with Crippen molar-refractivity contribution in [2.24, 2.45) is 0 Å². The molecule has 3 atom stereocenters. The van der Waals surface area contributed by atoms with Gasteiger partial charge in [-0.25, -0.2) is 0 Å². The molecule has 0 spiro atoms. The van der Waals surface area contributed by atoms with Gasteiger partial charge in [-0.2, -0.15) is 0 Å². The maximum absolute atomic E-state index is 12.6. The first kappa shape index (κ1) is 15.9. The summed E-state index contributed by atoms with van der Waals surface area (Å²) in [7, 11) is 0. The molecule has 1 saturated heterocycles. The Bertz CT molecular complexity index is 758. The van der Waals surface area contributed by atoms with Crippen molar-refractivity contribution >= 4 is 34.5 Å². The number of piperazine rings is 1. The molecular weight excluding hydrogens is 314 g/mol. The zero-order chi connectivity index (χ0) is 16.6. The first-order chi connectivity index (χ1) is 11.0. The van der Waals surface area contributed by atoms with Crippen LogP contribution in [0.25, 0.3) is 10.9 Å². The molecule has 0 radical (unpaired) electrons. The van der Waals surface area contributed by atoms with Gasteiger partial charge in [0.05, 0.1) is 6.10 Å². The molecule has 2 amide bonds. The van der Waals surface area contributed by atoms with Crippen LogP contribution in [0.5, 0.6) is 0 Å². The number of hydrogen-bond acceptors (Lipinski definition) is 4. The van der Waals surface area contributed by atoms with E-state index in [1.807, 2.05) is 30.5 Å². The lowest BCUT2D eigenvalue weighted by Gasteiger charge is -2.39.